The van der Waals surface area contributed by atoms with E-state index in [-0.39, 0.29) is 6.04 Å². The van der Waals surface area contributed by atoms with Crippen LogP contribution < -0.4 is 5.32 Å². The zero-order chi connectivity index (χ0) is 14.5. The number of halogens is 2. The molecule has 1 atom stereocenters. The first-order valence-electron chi connectivity index (χ1n) is 6.58. The Balaban J connectivity index is 2.22. The second-order valence-corrected chi connectivity index (χ2v) is 6.72. The second kappa shape index (κ2) is 7.50. The third-order valence-corrected chi connectivity index (χ3v) is 4.90. The number of benzene rings is 1. The van der Waals surface area contributed by atoms with E-state index in [9.17, 15) is 0 Å². The molecule has 3 nitrogen and oxygen atoms in total. The van der Waals surface area contributed by atoms with Crippen LogP contribution >= 0.6 is 39.1 Å². The van der Waals surface area contributed by atoms with Crippen molar-refractivity contribution in [3.05, 3.63) is 43.8 Å². The van der Waals surface area contributed by atoms with Crippen LogP contribution in [0.3, 0.4) is 0 Å². The van der Waals surface area contributed by atoms with Gasteiger partial charge in [-0.3, -0.25) is 0 Å². The van der Waals surface area contributed by atoms with Crippen LogP contribution in [0, 0.1) is 0 Å². The standard InChI is InChI=1S/C14H17BrClN3S/c1-3-4-12-14(20-19-18-12)13(17-2)7-9-5-6-10(15)8-11(9)16/h5-6,8,13,17H,3-4,7H2,1-2H3. The summed E-state index contributed by atoms with van der Waals surface area (Å²) in [5.74, 6) is 0. The van der Waals surface area contributed by atoms with E-state index in [0.717, 1.165) is 40.0 Å². The number of hydrogen-bond acceptors (Lipinski definition) is 4. The fourth-order valence-corrected chi connectivity index (χ4v) is 3.68. The minimum atomic E-state index is 0.204. The molecule has 0 radical (unpaired) electrons. The number of rotatable bonds is 6. The Hall–Kier alpha value is -0.490. The highest BCUT2D eigenvalue weighted by molar-refractivity contribution is 9.10. The summed E-state index contributed by atoms with van der Waals surface area (Å²) in [6, 6.07) is 6.22. The first kappa shape index (κ1) is 15.9. The van der Waals surface area contributed by atoms with Gasteiger partial charge in [0, 0.05) is 15.5 Å². The van der Waals surface area contributed by atoms with Crippen LogP contribution in [0.1, 0.15) is 35.5 Å². The molecule has 0 aliphatic rings. The fraction of sp³-hybridized carbons (Fsp3) is 0.429. The number of aromatic nitrogens is 2. The number of nitrogens with zero attached hydrogens (tertiary/aromatic N) is 2. The van der Waals surface area contributed by atoms with E-state index in [2.05, 4.69) is 43.8 Å². The van der Waals surface area contributed by atoms with Crippen molar-refractivity contribution in [2.75, 3.05) is 7.05 Å². The lowest BCUT2D eigenvalue weighted by Gasteiger charge is -2.16. The molecule has 2 rings (SSSR count). The van der Waals surface area contributed by atoms with Crippen LogP contribution in [0.4, 0.5) is 0 Å². The van der Waals surface area contributed by atoms with Crippen LogP contribution in [0.5, 0.6) is 0 Å². The van der Waals surface area contributed by atoms with Crippen molar-refractivity contribution >= 4 is 39.1 Å². The lowest BCUT2D eigenvalue weighted by atomic mass is 10.0. The molecule has 0 aliphatic carbocycles. The highest BCUT2D eigenvalue weighted by Crippen LogP contribution is 2.29. The van der Waals surface area contributed by atoms with Gasteiger partial charge in [0.1, 0.15) is 0 Å². The summed E-state index contributed by atoms with van der Waals surface area (Å²) < 4.78 is 5.10. The Kier molecular flexibility index (Phi) is 5.96. The van der Waals surface area contributed by atoms with E-state index in [1.807, 2.05) is 19.2 Å². The monoisotopic (exact) mass is 373 g/mol. The topological polar surface area (TPSA) is 37.8 Å². The minimum absolute atomic E-state index is 0.204. The summed E-state index contributed by atoms with van der Waals surface area (Å²) in [6.07, 6.45) is 2.88. The van der Waals surface area contributed by atoms with E-state index >= 15 is 0 Å². The van der Waals surface area contributed by atoms with Crippen LogP contribution in [0.25, 0.3) is 0 Å². The van der Waals surface area contributed by atoms with Gasteiger partial charge in [-0.2, -0.15) is 0 Å². The third kappa shape index (κ3) is 3.79. The Morgan fingerprint density at radius 3 is 2.90 bits per heavy atom. The number of nitrogens with one attached hydrogen (secondary N) is 1. The molecule has 0 amide bonds. The molecule has 1 unspecified atom stereocenters. The first-order valence-corrected chi connectivity index (χ1v) is 8.52. The van der Waals surface area contributed by atoms with Gasteiger partial charge in [-0.05, 0) is 49.1 Å². The van der Waals surface area contributed by atoms with Gasteiger partial charge in [-0.1, -0.05) is 51.4 Å². The van der Waals surface area contributed by atoms with Gasteiger partial charge in [0.15, 0.2) is 0 Å². The molecule has 0 fully saturated rings. The fourth-order valence-electron chi connectivity index (χ4n) is 2.12. The molecule has 6 heteroatoms. The van der Waals surface area contributed by atoms with E-state index < -0.39 is 0 Å². The Morgan fingerprint density at radius 1 is 1.45 bits per heavy atom. The molecular weight excluding hydrogens is 358 g/mol. The van der Waals surface area contributed by atoms with Crippen molar-refractivity contribution in [3.8, 4) is 0 Å². The maximum Gasteiger partial charge on any atom is 0.0803 e. The zero-order valence-corrected chi connectivity index (χ0v) is 14.6. The van der Waals surface area contributed by atoms with Gasteiger partial charge in [0.2, 0.25) is 0 Å². The Morgan fingerprint density at radius 2 is 2.25 bits per heavy atom. The van der Waals surface area contributed by atoms with Crippen LogP contribution in [-0.2, 0) is 12.8 Å². The smallest absolute Gasteiger partial charge is 0.0803 e. The first-order chi connectivity index (χ1) is 9.65. The maximum atomic E-state index is 6.31. The van der Waals surface area contributed by atoms with Crippen molar-refractivity contribution in [3.63, 3.8) is 0 Å². The summed E-state index contributed by atoms with van der Waals surface area (Å²) >= 11 is 11.2. The van der Waals surface area contributed by atoms with Crippen LogP contribution in [-0.4, -0.2) is 16.6 Å². The van der Waals surface area contributed by atoms with E-state index in [1.165, 1.54) is 16.4 Å². The molecule has 0 aliphatic heterocycles. The summed E-state index contributed by atoms with van der Waals surface area (Å²) in [5, 5.41) is 8.38. The highest BCUT2D eigenvalue weighted by atomic mass is 79.9. The van der Waals surface area contributed by atoms with Crippen molar-refractivity contribution < 1.29 is 0 Å². The third-order valence-electron chi connectivity index (χ3n) is 3.18. The zero-order valence-electron chi connectivity index (χ0n) is 11.5. The van der Waals surface area contributed by atoms with E-state index in [1.54, 1.807) is 0 Å². The predicted molar refractivity (Wildman–Crippen MR) is 88.6 cm³/mol. The molecule has 0 spiro atoms. The summed E-state index contributed by atoms with van der Waals surface area (Å²) in [6.45, 7) is 2.16. The number of hydrogen-bond donors (Lipinski definition) is 1. The lowest BCUT2D eigenvalue weighted by Crippen LogP contribution is -2.19. The number of likely N-dealkylation sites (N-methyl/N-ethyl adjacent to an activating group) is 1. The summed E-state index contributed by atoms with van der Waals surface area (Å²) in [4.78, 5) is 1.22. The van der Waals surface area contributed by atoms with E-state index in [4.69, 9.17) is 11.6 Å². The molecule has 0 bridgehead atoms. The molecule has 0 saturated heterocycles. The molecule has 1 aromatic carbocycles. The normalized spacial score (nSPS) is 12.6. The Labute approximate surface area is 137 Å². The molecular formula is C14H17BrClN3S. The molecule has 0 saturated carbocycles. The predicted octanol–water partition coefficient (Wildman–Crippen LogP) is 4.41. The Bertz CT molecular complexity index is 573. The average Bonchev–Trinajstić information content (AvgIpc) is 2.87. The van der Waals surface area contributed by atoms with E-state index in [0.29, 0.717) is 0 Å². The molecule has 1 N–H and O–H groups in total. The van der Waals surface area contributed by atoms with Crippen molar-refractivity contribution in [2.24, 2.45) is 0 Å². The summed E-state index contributed by atoms with van der Waals surface area (Å²) in [5.41, 5.74) is 2.23. The minimum Gasteiger partial charge on any atom is -0.312 e. The molecule has 1 aromatic heterocycles. The molecule has 2 aromatic rings. The second-order valence-electron chi connectivity index (χ2n) is 4.61. The van der Waals surface area contributed by atoms with Gasteiger partial charge in [-0.15, -0.1) is 5.10 Å². The van der Waals surface area contributed by atoms with Gasteiger partial charge in [-0.25, -0.2) is 0 Å². The SMILES string of the molecule is CCCc1nnsc1C(Cc1ccc(Br)cc1Cl)NC. The van der Waals surface area contributed by atoms with Gasteiger partial charge in [0.25, 0.3) is 0 Å². The van der Waals surface area contributed by atoms with Crippen molar-refractivity contribution in [2.45, 2.75) is 32.2 Å². The van der Waals surface area contributed by atoms with Gasteiger partial charge in [0.05, 0.1) is 10.6 Å². The van der Waals surface area contributed by atoms with Crippen LogP contribution in [0.2, 0.25) is 5.02 Å². The lowest BCUT2D eigenvalue weighted by molar-refractivity contribution is 0.593. The maximum absolute atomic E-state index is 6.31. The van der Waals surface area contributed by atoms with Crippen molar-refractivity contribution in [1.29, 1.82) is 0 Å². The van der Waals surface area contributed by atoms with Crippen LogP contribution in [0.15, 0.2) is 22.7 Å². The summed E-state index contributed by atoms with van der Waals surface area (Å²) in [7, 11) is 1.97. The largest absolute Gasteiger partial charge is 0.312 e. The molecule has 20 heavy (non-hydrogen) atoms. The average molecular weight is 375 g/mol. The molecule has 1 heterocycles. The highest BCUT2D eigenvalue weighted by Gasteiger charge is 2.19. The van der Waals surface area contributed by atoms with Gasteiger partial charge < -0.3 is 5.32 Å². The number of aryl methyl sites for hydroxylation is 1. The molecule has 108 valence electrons. The van der Waals surface area contributed by atoms with Gasteiger partial charge >= 0.3 is 0 Å². The van der Waals surface area contributed by atoms with Crippen molar-refractivity contribution in [1.82, 2.24) is 14.9 Å². The quantitative estimate of drug-likeness (QED) is 0.814.